The number of likely N-dealkylation sites (tertiary alicyclic amines) is 1. The van der Waals surface area contributed by atoms with Gasteiger partial charge in [0.15, 0.2) is 0 Å². The average Bonchev–Trinajstić information content (AvgIpc) is 3.02. The monoisotopic (exact) mass is 345 g/mol. The minimum absolute atomic E-state index is 0.00354. The van der Waals surface area contributed by atoms with Gasteiger partial charge in [-0.2, -0.15) is 0 Å². The molecule has 0 spiro atoms. The molecule has 1 aromatic carbocycles. The van der Waals surface area contributed by atoms with Gasteiger partial charge >= 0.3 is 0 Å². The molecule has 6 nitrogen and oxygen atoms in total. The number of hydrogen-bond donors (Lipinski definition) is 1. The largest absolute Gasteiger partial charge is 0.379 e. The van der Waals surface area contributed by atoms with Gasteiger partial charge < -0.3 is 15.0 Å². The van der Waals surface area contributed by atoms with Crippen LogP contribution in [0.4, 0.5) is 0 Å². The molecule has 0 bridgehead atoms. The SMILES string of the molecule is O=C(NCCN1CCOCC1)C1CC(=O)N(CCc2ccccc2)C1. The highest BCUT2D eigenvalue weighted by atomic mass is 16.5. The van der Waals surface area contributed by atoms with Crippen LogP contribution in [0.25, 0.3) is 0 Å². The zero-order chi connectivity index (χ0) is 17.5. The Bertz CT molecular complexity index is 573. The van der Waals surface area contributed by atoms with E-state index in [1.54, 1.807) is 0 Å². The summed E-state index contributed by atoms with van der Waals surface area (Å²) in [5, 5.41) is 2.99. The maximum Gasteiger partial charge on any atom is 0.225 e. The molecule has 2 aliphatic heterocycles. The van der Waals surface area contributed by atoms with E-state index in [0.717, 1.165) is 39.3 Å². The van der Waals surface area contributed by atoms with E-state index >= 15 is 0 Å². The summed E-state index contributed by atoms with van der Waals surface area (Å²) < 4.78 is 5.31. The van der Waals surface area contributed by atoms with Gasteiger partial charge in [0.05, 0.1) is 19.1 Å². The van der Waals surface area contributed by atoms with Crippen LogP contribution in [0.5, 0.6) is 0 Å². The number of amides is 2. The highest BCUT2D eigenvalue weighted by molar-refractivity contribution is 5.89. The number of rotatable bonds is 7. The molecule has 2 fully saturated rings. The van der Waals surface area contributed by atoms with E-state index in [9.17, 15) is 9.59 Å². The number of hydrogen-bond acceptors (Lipinski definition) is 4. The van der Waals surface area contributed by atoms with Crippen molar-refractivity contribution in [1.82, 2.24) is 15.1 Å². The van der Waals surface area contributed by atoms with Gasteiger partial charge in [0.25, 0.3) is 0 Å². The van der Waals surface area contributed by atoms with Crippen LogP contribution in [0.2, 0.25) is 0 Å². The molecule has 2 saturated heterocycles. The van der Waals surface area contributed by atoms with E-state index in [1.165, 1.54) is 5.56 Å². The average molecular weight is 345 g/mol. The van der Waals surface area contributed by atoms with Gasteiger partial charge in [0.1, 0.15) is 0 Å². The van der Waals surface area contributed by atoms with Gasteiger partial charge in [0.2, 0.25) is 11.8 Å². The Balaban J connectivity index is 1.38. The molecule has 6 heteroatoms. The molecule has 1 unspecified atom stereocenters. The fourth-order valence-electron chi connectivity index (χ4n) is 3.38. The lowest BCUT2D eigenvalue weighted by atomic mass is 10.1. The fourth-order valence-corrected chi connectivity index (χ4v) is 3.38. The van der Waals surface area contributed by atoms with E-state index < -0.39 is 0 Å². The van der Waals surface area contributed by atoms with E-state index in [1.807, 2.05) is 23.1 Å². The molecule has 25 heavy (non-hydrogen) atoms. The third-order valence-electron chi connectivity index (χ3n) is 4.93. The van der Waals surface area contributed by atoms with Crippen molar-refractivity contribution < 1.29 is 14.3 Å². The van der Waals surface area contributed by atoms with Crippen LogP contribution in [0.15, 0.2) is 30.3 Å². The second-order valence-corrected chi connectivity index (χ2v) is 6.72. The Labute approximate surface area is 149 Å². The molecule has 1 aromatic rings. The summed E-state index contributed by atoms with van der Waals surface area (Å²) in [6.07, 6.45) is 1.16. The summed E-state index contributed by atoms with van der Waals surface area (Å²) in [4.78, 5) is 28.6. The van der Waals surface area contributed by atoms with Crippen LogP contribution in [0, 0.1) is 5.92 Å². The predicted molar refractivity (Wildman–Crippen MR) is 95.1 cm³/mol. The maximum atomic E-state index is 12.3. The number of nitrogens with one attached hydrogen (secondary N) is 1. The standard InChI is InChI=1S/C19H27N3O3/c23-18-14-17(15-22(18)8-6-16-4-2-1-3-5-16)19(24)20-7-9-21-10-12-25-13-11-21/h1-5,17H,6-15H2,(H,20,24). The van der Waals surface area contributed by atoms with Crippen LogP contribution < -0.4 is 5.32 Å². The van der Waals surface area contributed by atoms with Gasteiger partial charge in [-0.15, -0.1) is 0 Å². The van der Waals surface area contributed by atoms with Crippen LogP contribution in [-0.2, 0) is 20.7 Å². The summed E-state index contributed by atoms with van der Waals surface area (Å²) in [7, 11) is 0. The third kappa shape index (κ3) is 5.28. The maximum absolute atomic E-state index is 12.3. The second-order valence-electron chi connectivity index (χ2n) is 6.72. The normalized spacial score (nSPS) is 21.5. The molecular formula is C19H27N3O3. The van der Waals surface area contributed by atoms with Crippen molar-refractivity contribution in [2.75, 3.05) is 52.5 Å². The smallest absolute Gasteiger partial charge is 0.225 e. The van der Waals surface area contributed by atoms with E-state index in [-0.39, 0.29) is 17.7 Å². The number of carbonyl (C=O) groups excluding carboxylic acids is 2. The molecule has 1 atom stereocenters. The molecule has 0 saturated carbocycles. The minimum Gasteiger partial charge on any atom is -0.379 e. The van der Waals surface area contributed by atoms with Crippen molar-refractivity contribution >= 4 is 11.8 Å². The van der Waals surface area contributed by atoms with Gasteiger partial charge in [-0.05, 0) is 12.0 Å². The first-order valence-corrected chi connectivity index (χ1v) is 9.12. The van der Waals surface area contributed by atoms with Gasteiger partial charge in [-0.3, -0.25) is 14.5 Å². The summed E-state index contributed by atoms with van der Waals surface area (Å²) in [6, 6.07) is 10.1. The highest BCUT2D eigenvalue weighted by Gasteiger charge is 2.33. The Morgan fingerprint density at radius 3 is 2.68 bits per heavy atom. The van der Waals surface area contributed by atoms with Crippen molar-refractivity contribution in [1.29, 1.82) is 0 Å². The number of morpholine rings is 1. The van der Waals surface area contributed by atoms with Crippen molar-refractivity contribution in [2.24, 2.45) is 5.92 Å². The molecule has 2 aliphatic rings. The lowest BCUT2D eigenvalue weighted by Crippen LogP contribution is -2.42. The van der Waals surface area contributed by atoms with Gasteiger partial charge in [-0.1, -0.05) is 30.3 Å². The van der Waals surface area contributed by atoms with E-state index in [0.29, 0.717) is 26.1 Å². The molecule has 2 heterocycles. The molecule has 0 radical (unpaired) electrons. The number of nitrogens with zero attached hydrogens (tertiary/aromatic N) is 2. The van der Waals surface area contributed by atoms with Gasteiger partial charge in [-0.25, -0.2) is 0 Å². The quantitative estimate of drug-likeness (QED) is 0.783. The topological polar surface area (TPSA) is 61.9 Å². The molecule has 0 aromatic heterocycles. The minimum atomic E-state index is -0.215. The van der Waals surface area contributed by atoms with Crippen LogP contribution in [-0.4, -0.2) is 74.1 Å². The van der Waals surface area contributed by atoms with Crippen molar-refractivity contribution in [2.45, 2.75) is 12.8 Å². The van der Waals surface area contributed by atoms with E-state index in [4.69, 9.17) is 4.74 Å². The lowest BCUT2D eigenvalue weighted by Gasteiger charge is -2.26. The first kappa shape index (κ1) is 17.9. The van der Waals surface area contributed by atoms with Crippen LogP contribution in [0.1, 0.15) is 12.0 Å². The Hall–Kier alpha value is -1.92. The molecular weight excluding hydrogens is 318 g/mol. The lowest BCUT2D eigenvalue weighted by molar-refractivity contribution is -0.129. The van der Waals surface area contributed by atoms with Gasteiger partial charge in [0, 0.05) is 45.7 Å². The Morgan fingerprint density at radius 2 is 1.92 bits per heavy atom. The molecule has 136 valence electrons. The summed E-state index contributed by atoms with van der Waals surface area (Å²) >= 11 is 0. The first-order chi connectivity index (χ1) is 12.2. The Kier molecular flexibility index (Phi) is 6.42. The summed E-state index contributed by atoms with van der Waals surface area (Å²) in [6.45, 7) is 6.06. The molecule has 3 rings (SSSR count). The molecule has 2 amide bonds. The first-order valence-electron chi connectivity index (χ1n) is 9.12. The number of ether oxygens (including phenoxy) is 1. The van der Waals surface area contributed by atoms with Crippen molar-refractivity contribution in [3.8, 4) is 0 Å². The number of benzene rings is 1. The van der Waals surface area contributed by atoms with Crippen molar-refractivity contribution in [3.05, 3.63) is 35.9 Å². The predicted octanol–water partition coefficient (Wildman–Crippen LogP) is 0.526. The van der Waals surface area contributed by atoms with E-state index in [2.05, 4.69) is 22.3 Å². The zero-order valence-electron chi connectivity index (χ0n) is 14.7. The second kappa shape index (κ2) is 8.97. The zero-order valence-corrected chi connectivity index (χ0v) is 14.7. The summed E-state index contributed by atoms with van der Waals surface area (Å²) in [5.74, 6) is -0.124. The highest BCUT2D eigenvalue weighted by Crippen LogP contribution is 2.18. The fraction of sp³-hybridized carbons (Fsp3) is 0.579. The van der Waals surface area contributed by atoms with Crippen molar-refractivity contribution in [3.63, 3.8) is 0 Å². The summed E-state index contributed by atoms with van der Waals surface area (Å²) in [5.41, 5.74) is 1.22. The number of carbonyl (C=O) groups is 2. The molecule has 0 aliphatic carbocycles. The third-order valence-corrected chi connectivity index (χ3v) is 4.93. The Morgan fingerprint density at radius 1 is 1.16 bits per heavy atom. The molecule has 1 N–H and O–H groups in total. The van der Waals surface area contributed by atoms with Crippen LogP contribution >= 0.6 is 0 Å². The van der Waals surface area contributed by atoms with Crippen LogP contribution in [0.3, 0.4) is 0 Å².